The molecular formula is C20H19FN4O3. The summed E-state index contributed by atoms with van der Waals surface area (Å²) in [4.78, 5) is 24.2. The minimum atomic E-state index is -1.07. The molecule has 0 saturated carbocycles. The number of nitrogens with zero attached hydrogens (tertiary/aromatic N) is 2. The summed E-state index contributed by atoms with van der Waals surface area (Å²) in [5.74, 6) is -0.944. The van der Waals surface area contributed by atoms with Gasteiger partial charge < -0.3 is 15.8 Å². The van der Waals surface area contributed by atoms with Crippen LogP contribution in [0.15, 0.2) is 60.9 Å². The molecule has 0 aliphatic carbocycles. The molecule has 0 radical (unpaired) electrons. The second-order valence-corrected chi connectivity index (χ2v) is 6.14. The first-order valence-electron chi connectivity index (χ1n) is 8.47. The predicted octanol–water partition coefficient (Wildman–Crippen LogP) is 2.04. The van der Waals surface area contributed by atoms with E-state index < -0.39 is 23.7 Å². The van der Waals surface area contributed by atoms with Gasteiger partial charge in [0.2, 0.25) is 5.91 Å². The van der Waals surface area contributed by atoms with Crippen molar-refractivity contribution in [3.8, 4) is 5.75 Å². The lowest BCUT2D eigenvalue weighted by Crippen LogP contribution is -2.37. The number of carbonyl (C=O) groups is 2. The van der Waals surface area contributed by atoms with Gasteiger partial charge in [-0.25, -0.2) is 4.39 Å². The fourth-order valence-electron chi connectivity index (χ4n) is 2.67. The van der Waals surface area contributed by atoms with E-state index in [4.69, 9.17) is 10.5 Å². The Kier molecular flexibility index (Phi) is 5.69. The van der Waals surface area contributed by atoms with Crippen LogP contribution in [-0.4, -0.2) is 28.7 Å². The molecular weight excluding hydrogens is 363 g/mol. The molecule has 0 saturated heterocycles. The number of nitrogens with one attached hydrogen (secondary N) is 1. The second kappa shape index (κ2) is 8.34. The molecule has 1 heterocycles. The van der Waals surface area contributed by atoms with E-state index in [1.807, 2.05) is 24.3 Å². The number of halogens is 1. The Morgan fingerprint density at radius 2 is 1.86 bits per heavy atom. The number of aromatic nitrogens is 2. The van der Waals surface area contributed by atoms with E-state index in [-0.39, 0.29) is 5.56 Å². The topological polar surface area (TPSA) is 99.2 Å². The summed E-state index contributed by atoms with van der Waals surface area (Å²) in [6, 6.07) is 11.6. The van der Waals surface area contributed by atoms with E-state index >= 15 is 0 Å². The van der Waals surface area contributed by atoms with Crippen LogP contribution >= 0.6 is 0 Å². The third-order valence-electron chi connectivity index (χ3n) is 4.16. The lowest BCUT2D eigenvalue weighted by atomic mass is 10.1. The van der Waals surface area contributed by atoms with E-state index in [9.17, 15) is 14.0 Å². The molecule has 0 spiro atoms. The van der Waals surface area contributed by atoms with Crippen LogP contribution in [0.5, 0.6) is 5.75 Å². The highest BCUT2D eigenvalue weighted by Gasteiger charge is 2.21. The van der Waals surface area contributed by atoms with Gasteiger partial charge in [-0.15, -0.1) is 0 Å². The molecule has 2 aromatic carbocycles. The molecule has 1 unspecified atom stereocenters. The average molecular weight is 382 g/mol. The molecule has 2 amide bonds. The molecule has 3 N–H and O–H groups in total. The van der Waals surface area contributed by atoms with Crippen LogP contribution in [0.25, 0.3) is 0 Å². The Morgan fingerprint density at radius 3 is 2.46 bits per heavy atom. The highest BCUT2D eigenvalue weighted by molar-refractivity contribution is 5.97. The Balaban J connectivity index is 1.69. The van der Waals surface area contributed by atoms with Gasteiger partial charge >= 0.3 is 0 Å². The molecule has 3 aromatic rings. The lowest BCUT2D eigenvalue weighted by Gasteiger charge is -2.15. The summed E-state index contributed by atoms with van der Waals surface area (Å²) in [7, 11) is 1.60. The average Bonchev–Trinajstić information content (AvgIpc) is 3.16. The fraction of sp³-hybridized carbons (Fsp3) is 0.150. The molecule has 0 bridgehead atoms. The van der Waals surface area contributed by atoms with Gasteiger partial charge in [-0.1, -0.05) is 24.3 Å². The number of benzene rings is 2. The summed E-state index contributed by atoms with van der Waals surface area (Å²) in [6.07, 6.45) is 2.98. The number of rotatable bonds is 7. The van der Waals surface area contributed by atoms with Gasteiger partial charge in [0.25, 0.3) is 5.91 Å². The number of hydrogen-bond donors (Lipinski definition) is 2. The zero-order valence-electron chi connectivity index (χ0n) is 15.1. The molecule has 0 aliphatic rings. The second-order valence-electron chi connectivity index (χ2n) is 6.14. The maximum absolute atomic E-state index is 13.1. The molecule has 144 valence electrons. The van der Waals surface area contributed by atoms with Crippen LogP contribution in [0.1, 0.15) is 27.5 Å². The monoisotopic (exact) mass is 382 g/mol. The molecule has 1 aromatic heterocycles. The minimum Gasteiger partial charge on any atom is -0.497 e. The summed E-state index contributed by atoms with van der Waals surface area (Å²) in [5.41, 5.74) is 7.04. The lowest BCUT2D eigenvalue weighted by molar-refractivity contribution is -0.120. The summed E-state index contributed by atoms with van der Waals surface area (Å²) >= 11 is 0. The zero-order chi connectivity index (χ0) is 20.1. The molecule has 0 fully saturated rings. The molecule has 28 heavy (non-hydrogen) atoms. The van der Waals surface area contributed by atoms with Crippen LogP contribution in [0, 0.1) is 5.82 Å². The van der Waals surface area contributed by atoms with E-state index in [0.717, 1.165) is 11.3 Å². The van der Waals surface area contributed by atoms with Crippen molar-refractivity contribution < 1.29 is 18.7 Å². The van der Waals surface area contributed by atoms with Gasteiger partial charge in [0.1, 0.15) is 17.6 Å². The third-order valence-corrected chi connectivity index (χ3v) is 4.16. The quantitative estimate of drug-likeness (QED) is 0.653. The van der Waals surface area contributed by atoms with E-state index in [0.29, 0.717) is 12.1 Å². The summed E-state index contributed by atoms with van der Waals surface area (Å²) in [5, 5.41) is 6.73. The van der Waals surface area contributed by atoms with Crippen molar-refractivity contribution in [3.05, 3.63) is 83.4 Å². The van der Waals surface area contributed by atoms with Crippen molar-refractivity contribution in [3.63, 3.8) is 0 Å². The fourth-order valence-corrected chi connectivity index (χ4v) is 2.67. The van der Waals surface area contributed by atoms with Crippen LogP contribution in [0.3, 0.4) is 0 Å². The molecule has 0 aliphatic heterocycles. The van der Waals surface area contributed by atoms with Gasteiger partial charge in [-0.3, -0.25) is 14.3 Å². The van der Waals surface area contributed by atoms with Crippen LogP contribution in [-0.2, 0) is 11.3 Å². The largest absolute Gasteiger partial charge is 0.497 e. The highest BCUT2D eigenvalue weighted by Crippen LogP contribution is 2.15. The predicted molar refractivity (Wildman–Crippen MR) is 100 cm³/mol. The van der Waals surface area contributed by atoms with Gasteiger partial charge in [-0.05, 0) is 35.4 Å². The standard InChI is InChI=1S/C20H19FN4O3/c1-28-17-8-2-13(3-9-17)11-25-12-15(10-23-25)20(27)24-18(19(22)26)14-4-6-16(21)7-5-14/h2-10,12,18H,11H2,1H3,(H2,22,26)(H,24,27). The Hall–Kier alpha value is -3.68. The maximum atomic E-state index is 13.1. The number of nitrogens with two attached hydrogens (primary N) is 1. The van der Waals surface area contributed by atoms with Crippen molar-refractivity contribution in [2.24, 2.45) is 5.73 Å². The van der Waals surface area contributed by atoms with Crippen molar-refractivity contribution in [1.82, 2.24) is 15.1 Å². The van der Waals surface area contributed by atoms with E-state index in [1.165, 1.54) is 30.5 Å². The summed E-state index contributed by atoms with van der Waals surface area (Å²) < 4.78 is 19.8. The molecule has 1 atom stereocenters. The van der Waals surface area contributed by atoms with Crippen LogP contribution in [0.4, 0.5) is 4.39 Å². The Bertz CT molecular complexity index is 968. The first-order chi connectivity index (χ1) is 13.5. The van der Waals surface area contributed by atoms with E-state index in [1.54, 1.807) is 18.0 Å². The highest BCUT2D eigenvalue weighted by atomic mass is 19.1. The van der Waals surface area contributed by atoms with E-state index in [2.05, 4.69) is 10.4 Å². The Morgan fingerprint density at radius 1 is 1.18 bits per heavy atom. The zero-order valence-corrected chi connectivity index (χ0v) is 15.1. The first kappa shape index (κ1) is 19.1. The smallest absolute Gasteiger partial charge is 0.255 e. The molecule has 7 nitrogen and oxygen atoms in total. The molecule has 8 heteroatoms. The van der Waals surface area contributed by atoms with Crippen LogP contribution < -0.4 is 15.8 Å². The van der Waals surface area contributed by atoms with Crippen molar-refractivity contribution >= 4 is 11.8 Å². The number of ether oxygens (including phenoxy) is 1. The van der Waals surface area contributed by atoms with Gasteiger partial charge in [0.15, 0.2) is 0 Å². The van der Waals surface area contributed by atoms with Gasteiger partial charge in [0, 0.05) is 6.20 Å². The normalized spacial score (nSPS) is 11.6. The van der Waals surface area contributed by atoms with Crippen molar-refractivity contribution in [2.75, 3.05) is 7.11 Å². The van der Waals surface area contributed by atoms with Gasteiger partial charge in [0.05, 0.1) is 25.4 Å². The molecule has 3 rings (SSSR count). The number of primary amides is 1. The van der Waals surface area contributed by atoms with Crippen molar-refractivity contribution in [1.29, 1.82) is 0 Å². The number of amides is 2. The third kappa shape index (κ3) is 4.53. The Labute approximate surface area is 160 Å². The summed E-state index contributed by atoms with van der Waals surface area (Å²) in [6.45, 7) is 0.467. The number of methoxy groups -OCH3 is 1. The first-order valence-corrected chi connectivity index (χ1v) is 8.47. The minimum absolute atomic E-state index is 0.280. The number of carbonyl (C=O) groups excluding carboxylic acids is 2. The van der Waals surface area contributed by atoms with Gasteiger partial charge in [-0.2, -0.15) is 5.10 Å². The SMILES string of the molecule is COc1ccc(Cn2cc(C(=O)NC(C(N)=O)c3ccc(F)cc3)cn2)cc1. The number of hydrogen-bond acceptors (Lipinski definition) is 4. The van der Waals surface area contributed by atoms with Crippen molar-refractivity contribution in [2.45, 2.75) is 12.6 Å². The van der Waals surface area contributed by atoms with Crippen LogP contribution in [0.2, 0.25) is 0 Å². The maximum Gasteiger partial charge on any atom is 0.255 e.